The maximum Gasteiger partial charge on any atom is 0.263 e. The van der Waals surface area contributed by atoms with Crippen molar-refractivity contribution in [2.45, 2.75) is 39.3 Å². The predicted octanol–water partition coefficient (Wildman–Crippen LogP) is 3.77. The van der Waals surface area contributed by atoms with E-state index in [1.807, 2.05) is 42.7 Å². The summed E-state index contributed by atoms with van der Waals surface area (Å²) in [5.74, 6) is 0.326. The fourth-order valence-corrected chi connectivity index (χ4v) is 3.72. The molecule has 1 amide bonds. The van der Waals surface area contributed by atoms with E-state index in [0.29, 0.717) is 22.9 Å². The molecule has 0 aliphatic rings. The van der Waals surface area contributed by atoms with Gasteiger partial charge in [0.05, 0.1) is 5.60 Å². The zero-order valence-corrected chi connectivity index (χ0v) is 20.4. The molecule has 0 saturated carbocycles. The van der Waals surface area contributed by atoms with Crippen LogP contribution in [-0.4, -0.2) is 35.3 Å². The van der Waals surface area contributed by atoms with Crippen molar-refractivity contribution < 1.29 is 9.90 Å². The van der Waals surface area contributed by atoms with Crippen LogP contribution in [0.4, 0.5) is 5.82 Å². The van der Waals surface area contributed by atoms with E-state index < -0.39 is 17.1 Å². The summed E-state index contributed by atoms with van der Waals surface area (Å²) in [6, 6.07) is 14.3. The number of carbonyl (C=O) groups excluding carboxylic acids is 1. The van der Waals surface area contributed by atoms with Gasteiger partial charge in [0.1, 0.15) is 23.4 Å². The minimum Gasteiger partial charge on any atom is -0.386 e. The van der Waals surface area contributed by atoms with Gasteiger partial charge in [-0.25, -0.2) is 4.98 Å². The van der Waals surface area contributed by atoms with Crippen LogP contribution in [0.15, 0.2) is 65.8 Å². The zero-order valence-electron chi connectivity index (χ0n) is 20.4. The number of nitrogens with one attached hydrogen (secondary N) is 1. The first-order chi connectivity index (χ1) is 16.5. The van der Waals surface area contributed by atoms with Crippen LogP contribution in [0.25, 0.3) is 22.6 Å². The Morgan fingerprint density at radius 1 is 1.09 bits per heavy atom. The highest BCUT2D eigenvalue weighted by molar-refractivity contribution is 6.04. The Kier molecular flexibility index (Phi) is 6.36. The van der Waals surface area contributed by atoms with Gasteiger partial charge in [0.2, 0.25) is 0 Å². The molecule has 9 heteroatoms. The number of aromatic nitrogens is 5. The summed E-state index contributed by atoms with van der Waals surface area (Å²) in [7, 11) is 1.60. The zero-order chi connectivity index (χ0) is 25.3. The molecule has 0 aliphatic heterocycles. The van der Waals surface area contributed by atoms with Crippen LogP contribution in [0, 0.1) is 0 Å². The average molecular weight is 473 g/mol. The molecule has 0 unspecified atom stereocenters. The van der Waals surface area contributed by atoms with Gasteiger partial charge in [-0.05, 0) is 62.6 Å². The van der Waals surface area contributed by atoms with E-state index >= 15 is 0 Å². The summed E-state index contributed by atoms with van der Waals surface area (Å²) in [4.78, 5) is 30.4. The maximum absolute atomic E-state index is 13.1. The second-order valence-corrected chi connectivity index (χ2v) is 9.21. The molecule has 0 bridgehead atoms. The molecule has 35 heavy (non-hydrogen) atoms. The second kappa shape index (κ2) is 9.27. The Morgan fingerprint density at radius 3 is 2.46 bits per heavy atom. The highest BCUT2D eigenvalue weighted by atomic mass is 16.3. The first kappa shape index (κ1) is 24.0. The fraction of sp³-hybridized carbons (Fsp3) is 0.269. The fourth-order valence-electron chi connectivity index (χ4n) is 3.72. The van der Waals surface area contributed by atoms with Gasteiger partial charge in [0.15, 0.2) is 5.82 Å². The lowest BCUT2D eigenvalue weighted by Crippen LogP contribution is -2.27. The molecular weight excluding hydrogens is 444 g/mol. The molecule has 1 aromatic carbocycles. The van der Waals surface area contributed by atoms with E-state index in [-0.39, 0.29) is 11.6 Å². The van der Waals surface area contributed by atoms with Gasteiger partial charge >= 0.3 is 0 Å². The molecule has 0 aliphatic carbocycles. The van der Waals surface area contributed by atoms with Crippen molar-refractivity contribution in [2.75, 3.05) is 5.32 Å². The third-order valence-electron chi connectivity index (χ3n) is 5.70. The average Bonchev–Trinajstić information content (AvgIpc) is 3.31. The summed E-state index contributed by atoms with van der Waals surface area (Å²) in [5.41, 5.74) is 1.45. The van der Waals surface area contributed by atoms with Crippen molar-refractivity contribution in [2.24, 2.45) is 7.05 Å². The van der Waals surface area contributed by atoms with Gasteiger partial charge in [-0.15, -0.1) is 10.2 Å². The van der Waals surface area contributed by atoms with E-state index in [1.165, 1.54) is 4.57 Å². The summed E-state index contributed by atoms with van der Waals surface area (Å²) in [6.07, 6.45) is 3.31. The van der Waals surface area contributed by atoms with Gasteiger partial charge in [-0.2, -0.15) is 0 Å². The van der Waals surface area contributed by atoms with Gasteiger partial charge in [0.25, 0.3) is 11.5 Å². The first-order valence-electron chi connectivity index (χ1n) is 11.3. The third-order valence-corrected chi connectivity index (χ3v) is 5.70. The minimum absolute atomic E-state index is 0.00545. The molecule has 3 aromatic heterocycles. The Labute approximate surface area is 203 Å². The Morgan fingerprint density at radius 2 is 1.80 bits per heavy atom. The molecule has 3 heterocycles. The summed E-state index contributed by atoms with van der Waals surface area (Å²) < 4.78 is 3.26. The van der Waals surface area contributed by atoms with Crippen LogP contribution in [-0.2, 0) is 12.6 Å². The number of amides is 1. The van der Waals surface area contributed by atoms with Crippen LogP contribution >= 0.6 is 0 Å². The lowest BCUT2D eigenvalue weighted by molar-refractivity contribution is 0.0786. The smallest absolute Gasteiger partial charge is 0.263 e. The van der Waals surface area contributed by atoms with E-state index in [1.54, 1.807) is 57.7 Å². The standard InChI is InChI=1S/C26H28N6O3/c1-16(2)32-15-27-30-23(32)21-7-6-8-22(28-21)29-24(33)20-13-18(14-31(5)25(20)34)17-9-11-19(12-10-17)26(3,4)35/h6-16,35H,1-5H3,(H,28,29,33). The molecular formula is C26H28N6O3. The van der Waals surface area contributed by atoms with Gasteiger partial charge in [-0.3, -0.25) is 9.59 Å². The Balaban J connectivity index is 1.64. The first-order valence-corrected chi connectivity index (χ1v) is 11.3. The molecule has 0 fully saturated rings. The molecule has 0 spiro atoms. The second-order valence-electron chi connectivity index (χ2n) is 9.21. The van der Waals surface area contributed by atoms with Gasteiger partial charge < -0.3 is 19.6 Å². The maximum atomic E-state index is 13.1. The normalized spacial score (nSPS) is 11.6. The highest BCUT2D eigenvalue weighted by Crippen LogP contribution is 2.25. The SMILES string of the molecule is CC(C)n1cnnc1-c1cccc(NC(=O)c2cc(-c3ccc(C(C)(C)O)cc3)cn(C)c2=O)n1. The monoisotopic (exact) mass is 472 g/mol. The molecule has 180 valence electrons. The van der Waals surface area contributed by atoms with Crippen LogP contribution in [0.3, 0.4) is 0 Å². The lowest BCUT2D eigenvalue weighted by Gasteiger charge is -2.18. The van der Waals surface area contributed by atoms with E-state index in [2.05, 4.69) is 20.5 Å². The molecule has 2 N–H and O–H groups in total. The molecule has 4 rings (SSSR count). The van der Waals surface area contributed by atoms with Crippen LogP contribution in [0.5, 0.6) is 0 Å². The number of aliphatic hydroxyl groups is 1. The van der Waals surface area contributed by atoms with E-state index in [4.69, 9.17) is 0 Å². The number of benzene rings is 1. The summed E-state index contributed by atoms with van der Waals surface area (Å²) >= 11 is 0. The Bertz CT molecular complexity index is 1430. The minimum atomic E-state index is -0.961. The lowest BCUT2D eigenvalue weighted by atomic mass is 9.95. The van der Waals surface area contributed by atoms with Gasteiger partial charge in [0, 0.05) is 19.3 Å². The van der Waals surface area contributed by atoms with Crippen molar-refractivity contribution in [3.63, 3.8) is 0 Å². The quantitative estimate of drug-likeness (QED) is 0.442. The number of nitrogens with zero attached hydrogens (tertiary/aromatic N) is 5. The largest absolute Gasteiger partial charge is 0.386 e. The van der Waals surface area contributed by atoms with Crippen molar-refractivity contribution in [1.29, 1.82) is 0 Å². The van der Waals surface area contributed by atoms with Gasteiger partial charge in [-0.1, -0.05) is 30.3 Å². The number of pyridine rings is 2. The molecule has 0 radical (unpaired) electrons. The van der Waals surface area contributed by atoms with Crippen molar-refractivity contribution in [3.8, 4) is 22.6 Å². The van der Waals surface area contributed by atoms with E-state index in [9.17, 15) is 14.7 Å². The number of hydrogen-bond acceptors (Lipinski definition) is 6. The molecule has 0 atom stereocenters. The number of carbonyl (C=O) groups is 1. The molecule has 4 aromatic rings. The summed E-state index contributed by atoms with van der Waals surface area (Å²) in [5, 5.41) is 21.0. The molecule has 9 nitrogen and oxygen atoms in total. The molecule has 0 saturated heterocycles. The Hall–Kier alpha value is -4.11. The number of aryl methyl sites for hydroxylation is 1. The van der Waals surface area contributed by atoms with Crippen LogP contribution in [0.1, 0.15) is 49.7 Å². The predicted molar refractivity (Wildman–Crippen MR) is 134 cm³/mol. The van der Waals surface area contributed by atoms with Crippen molar-refractivity contribution >= 4 is 11.7 Å². The van der Waals surface area contributed by atoms with Crippen molar-refractivity contribution in [3.05, 3.63) is 82.5 Å². The number of rotatable bonds is 6. The van der Waals surface area contributed by atoms with Crippen LogP contribution < -0.4 is 10.9 Å². The van der Waals surface area contributed by atoms with Crippen LogP contribution in [0.2, 0.25) is 0 Å². The number of hydrogen-bond donors (Lipinski definition) is 2. The topological polar surface area (TPSA) is 115 Å². The number of anilines is 1. The van der Waals surface area contributed by atoms with E-state index in [0.717, 1.165) is 11.1 Å². The summed E-state index contributed by atoms with van der Waals surface area (Å²) in [6.45, 7) is 7.46. The van der Waals surface area contributed by atoms with Crippen molar-refractivity contribution in [1.82, 2.24) is 24.3 Å². The highest BCUT2D eigenvalue weighted by Gasteiger charge is 2.18. The third kappa shape index (κ3) is 5.04.